The number of hydrogen-bond acceptors (Lipinski definition) is 6. The first-order chi connectivity index (χ1) is 12.8. The van der Waals surface area contributed by atoms with Crippen LogP contribution in [0.3, 0.4) is 0 Å². The SMILES string of the molecule is COCCNC(=O)[C@H](C)OC(=O)c1cc(S(=O)(=O)N2CCCC2)ccc1Cl. The van der Waals surface area contributed by atoms with E-state index in [1.54, 1.807) is 0 Å². The normalized spacial score (nSPS) is 16.1. The predicted molar refractivity (Wildman–Crippen MR) is 99.2 cm³/mol. The summed E-state index contributed by atoms with van der Waals surface area (Å²) < 4.78 is 36.6. The van der Waals surface area contributed by atoms with E-state index in [9.17, 15) is 18.0 Å². The van der Waals surface area contributed by atoms with Crippen molar-refractivity contribution >= 4 is 33.5 Å². The maximum atomic E-state index is 12.7. The van der Waals surface area contributed by atoms with Crippen molar-refractivity contribution in [3.05, 3.63) is 28.8 Å². The van der Waals surface area contributed by atoms with Crippen LogP contribution >= 0.6 is 11.6 Å². The predicted octanol–water partition coefficient (Wildman–Crippen LogP) is 1.43. The molecule has 2 rings (SSSR count). The number of methoxy groups -OCH3 is 1. The summed E-state index contributed by atoms with van der Waals surface area (Å²) in [6.45, 7) is 2.92. The molecule has 1 aromatic carbocycles. The summed E-state index contributed by atoms with van der Waals surface area (Å²) >= 11 is 6.04. The number of hydrogen-bond donors (Lipinski definition) is 1. The fourth-order valence-electron chi connectivity index (χ4n) is 2.60. The molecule has 0 unspecified atom stereocenters. The van der Waals surface area contributed by atoms with Crippen LogP contribution in [0, 0.1) is 0 Å². The molecule has 27 heavy (non-hydrogen) atoms. The number of rotatable bonds is 8. The first-order valence-electron chi connectivity index (χ1n) is 8.54. The van der Waals surface area contributed by atoms with Gasteiger partial charge < -0.3 is 14.8 Å². The quantitative estimate of drug-likeness (QED) is 0.506. The van der Waals surface area contributed by atoms with Gasteiger partial charge in [-0.2, -0.15) is 4.31 Å². The van der Waals surface area contributed by atoms with E-state index >= 15 is 0 Å². The molecule has 1 aliphatic heterocycles. The number of ether oxygens (including phenoxy) is 2. The number of nitrogens with one attached hydrogen (secondary N) is 1. The highest BCUT2D eigenvalue weighted by Crippen LogP contribution is 2.26. The maximum absolute atomic E-state index is 12.7. The average Bonchev–Trinajstić information content (AvgIpc) is 3.17. The van der Waals surface area contributed by atoms with Gasteiger partial charge in [0.05, 0.1) is 22.1 Å². The average molecular weight is 419 g/mol. The lowest BCUT2D eigenvalue weighted by molar-refractivity contribution is -0.129. The summed E-state index contributed by atoms with van der Waals surface area (Å²) in [5, 5.41) is 2.60. The van der Waals surface area contributed by atoms with Crippen molar-refractivity contribution in [1.82, 2.24) is 9.62 Å². The molecular weight excluding hydrogens is 396 g/mol. The van der Waals surface area contributed by atoms with Crippen LogP contribution in [0.4, 0.5) is 0 Å². The molecule has 0 aliphatic carbocycles. The Hall–Kier alpha value is -1.68. The van der Waals surface area contributed by atoms with E-state index in [4.69, 9.17) is 21.1 Å². The molecule has 1 atom stereocenters. The second-order valence-electron chi connectivity index (χ2n) is 6.08. The molecule has 0 spiro atoms. The lowest BCUT2D eigenvalue weighted by Crippen LogP contribution is -2.37. The number of halogens is 1. The van der Waals surface area contributed by atoms with Crippen molar-refractivity contribution in [3.63, 3.8) is 0 Å². The molecule has 1 aliphatic rings. The van der Waals surface area contributed by atoms with Crippen molar-refractivity contribution in [2.24, 2.45) is 0 Å². The van der Waals surface area contributed by atoms with Gasteiger partial charge in [-0.3, -0.25) is 4.79 Å². The number of esters is 1. The summed E-state index contributed by atoms with van der Waals surface area (Å²) in [6, 6.07) is 3.88. The molecule has 1 amide bonds. The Morgan fingerprint density at radius 3 is 2.59 bits per heavy atom. The van der Waals surface area contributed by atoms with Crippen LogP contribution in [0.2, 0.25) is 5.02 Å². The van der Waals surface area contributed by atoms with Gasteiger partial charge in [-0.15, -0.1) is 0 Å². The number of benzene rings is 1. The highest BCUT2D eigenvalue weighted by atomic mass is 35.5. The van der Waals surface area contributed by atoms with E-state index in [1.807, 2.05) is 0 Å². The first kappa shape index (κ1) is 21.6. The van der Waals surface area contributed by atoms with Gasteiger partial charge in [0.2, 0.25) is 10.0 Å². The Labute approximate surface area is 163 Å². The van der Waals surface area contributed by atoms with Crippen molar-refractivity contribution < 1.29 is 27.5 Å². The lowest BCUT2D eigenvalue weighted by atomic mass is 10.2. The van der Waals surface area contributed by atoms with Crippen LogP contribution in [0.15, 0.2) is 23.1 Å². The molecule has 0 bridgehead atoms. The third-order valence-electron chi connectivity index (χ3n) is 4.12. The second kappa shape index (κ2) is 9.50. The zero-order valence-electron chi connectivity index (χ0n) is 15.2. The molecule has 1 saturated heterocycles. The summed E-state index contributed by atoms with van der Waals surface area (Å²) in [6.07, 6.45) is 0.540. The van der Waals surface area contributed by atoms with Gasteiger partial charge in [-0.1, -0.05) is 11.6 Å². The molecule has 150 valence electrons. The Kier molecular flexibility index (Phi) is 7.60. The van der Waals surface area contributed by atoms with E-state index < -0.39 is 28.0 Å². The Morgan fingerprint density at radius 1 is 1.30 bits per heavy atom. The molecule has 0 aromatic heterocycles. The Balaban J connectivity index is 2.13. The van der Waals surface area contributed by atoms with Crippen LogP contribution < -0.4 is 5.32 Å². The zero-order chi connectivity index (χ0) is 20.0. The molecule has 0 saturated carbocycles. The molecule has 1 aromatic rings. The molecule has 1 heterocycles. The fourth-order valence-corrected chi connectivity index (χ4v) is 4.33. The zero-order valence-corrected chi connectivity index (χ0v) is 16.8. The minimum Gasteiger partial charge on any atom is -0.449 e. The molecular formula is C17H23ClN2O6S. The molecule has 1 N–H and O–H groups in total. The number of sulfonamides is 1. The Bertz CT molecular complexity index is 793. The summed E-state index contributed by atoms with van der Waals surface area (Å²) in [5.41, 5.74) is -0.103. The number of amides is 1. The van der Waals surface area contributed by atoms with Crippen LogP contribution in [0.5, 0.6) is 0 Å². The third-order valence-corrected chi connectivity index (χ3v) is 6.34. The second-order valence-corrected chi connectivity index (χ2v) is 8.43. The van der Waals surface area contributed by atoms with Gasteiger partial charge in [-0.05, 0) is 38.0 Å². The van der Waals surface area contributed by atoms with Crippen molar-refractivity contribution in [3.8, 4) is 0 Å². The van der Waals surface area contributed by atoms with Crippen LogP contribution in [-0.4, -0.2) is 64.1 Å². The number of carbonyl (C=O) groups is 2. The smallest absolute Gasteiger partial charge is 0.340 e. The highest BCUT2D eigenvalue weighted by molar-refractivity contribution is 7.89. The van der Waals surface area contributed by atoms with E-state index in [0.29, 0.717) is 19.7 Å². The van der Waals surface area contributed by atoms with E-state index in [0.717, 1.165) is 12.8 Å². The van der Waals surface area contributed by atoms with Crippen molar-refractivity contribution in [1.29, 1.82) is 0 Å². The van der Waals surface area contributed by atoms with Crippen molar-refractivity contribution in [2.75, 3.05) is 33.4 Å². The van der Waals surface area contributed by atoms with Gasteiger partial charge in [0, 0.05) is 26.7 Å². The standard InChI is InChI=1S/C17H23ClN2O6S/c1-12(16(21)19-7-10-25-2)26-17(22)14-11-13(5-6-15(14)18)27(23,24)20-8-3-4-9-20/h5-6,11-12H,3-4,7-10H2,1-2H3,(H,19,21)/t12-/m0/s1. The van der Waals surface area contributed by atoms with E-state index in [2.05, 4.69) is 5.32 Å². The molecule has 0 radical (unpaired) electrons. The van der Waals surface area contributed by atoms with E-state index in [-0.39, 0.29) is 22.0 Å². The van der Waals surface area contributed by atoms with Gasteiger partial charge >= 0.3 is 5.97 Å². The first-order valence-corrected chi connectivity index (χ1v) is 10.4. The minimum atomic E-state index is -3.70. The van der Waals surface area contributed by atoms with Gasteiger partial charge in [-0.25, -0.2) is 13.2 Å². The minimum absolute atomic E-state index is 0.0297. The Morgan fingerprint density at radius 2 is 1.96 bits per heavy atom. The monoisotopic (exact) mass is 418 g/mol. The number of nitrogens with zero attached hydrogens (tertiary/aromatic N) is 1. The van der Waals surface area contributed by atoms with Gasteiger partial charge in [0.25, 0.3) is 5.91 Å². The maximum Gasteiger partial charge on any atom is 0.340 e. The van der Waals surface area contributed by atoms with Gasteiger partial charge in [0.15, 0.2) is 6.10 Å². The molecule has 8 nitrogen and oxygen atoms in total. The third kappa shape index (κ3) is 5.41. The number of carbonyl (C=O) groups excluding carboxylic acids is 2. The summed E-state index contributed by atoms with van der Waals surface area (Å²) in [4.78, 5) is 24.3. The highest BCUT2D eigenvalue weighted by Gasteiger charge is 2.29. The fraction of sp³-hybridized carbons (Fsp3) is 0.529. The lowest BCUT2D eigenvalue weighted by Gasteiger charge is -2.17. The summed E-state index contributed by atoms with van der Waals surface area (Å²) in [7, 11) is -2.20. The van der Waals surface area contributed by atoms with Crippen LogP contribution in [-0.2, 0) is 24.3 Å². The van der Waals surface area contributed by atoms with Crippen molar-refractivity contribution in [2.45, 2.75) is 30.8 Å². The summed E-state index contributed by atoms with van der Waals surface area (Å²) in [5.74, 6) is -1.36. The topological polar surface area (TPSA) is 102 Å². The van der Waals surface area contributed by atoms with Gasteiger partial charge in [0.1, 0.15) is 0 Å². The molecule has 10 heteroatoms. The van der Waals surface area contributed by atoms with Crippen LogP contribution in [0.1, 0.15) is 30.1 Å². The van der Waals surface area contributed by atoms with E-state index in [1.165, 1.54) is 36.5 Å². The van der Waals surface area contributed by atoms with Crippen LogP contribution in [0.25, 0.3) is 0 Å². The molecule has 1 fully saturated rings. The largest absolute Gasteiger partial charge is 0.449 e.